The summed E-state index contributed by atoms with van der Waals surface area (Å²) in [4.78, 5) is 39.6. The Balaban J connectivity index is 1.92. The number of rotatable bonds is 3. The molecule has 1 aliphatic rings. The summed E-state index contributed by atoms with van der Waals surface area (Å²) in [6, 6.07) is 14.0. The van der Waals surface area contributed by atoms with Gasteiger partial charge in [-0.25, -0.2) is 0 Å². The maximum absolute atomic E-state index is 12.5. The molecule has 2 aromatic rings. The summed E-state index contributed by atoms with van der Waals surface area (Å²) in [5.41, 5.74) is 1.92. The second-order valence-electron chi connectivity index (χ2n) is 5.64. The largest absolute Gasteiger partial charge is 0.345 e. The van der Waals surface area contributed by atoms with Gasteiger partial charge in [0.25, 0.3) is 17.7 Å². The molecule has 0 unspecified atom stereocenters. The van der Waals surface area contributed by atoms with Gasteiger partial charge in [-0.1, -0.05) is 30.3 Å². The van der Waals surface area contributed by atoms with Gasteiger partial charge in [0.15, 0.2) is 0 Å². The summed E-state index contributed by atoms with van der Waals surface area (Å²) in [7, 11) is 3.29. The number of carbonyl (C=O) groups is 3. The van der Waals surface area contributed by atoms with E-state index in [1.807, 2.05) is 30.3 Å². The number of fused-ring (bicyclic) bond motifs is 1. The Morgan fingerprint density at radius 3 is 2.26 bits per heavy atom. The van der Waals surface area contributed by atoms with E-state index < -0.39 is 0 Å². The molecule has 0 radical (unpaired) electrons. The average Bonchev–Trinajstić information content (AvgIpc) is 2.79. The minimum absolute atomic E-state index is 0.199. The molecule has 1 aliphatic heterocycles. The fourth-order valence-corrected chi connectivity index (χ4v) is 2.59. The van der Waals surface area contributed by atoms with Crippen molar-refractivity contribution >= 4 is 17.7 Å². The maximum Gasteiger partial charge on any atom is 0.261 e. The highest BCUT2D eigenvalue weighted by Gasteiger charge is 2.36. The molecule has 116 valence electrons. The van der Waals surface area contributed by atoms with Crippen molar-refractivity contribution in [2.45, 2.75) is 6.54 Å². The van der Waals surface area contributed by atoms with Crippen LogP contribution >= 0.6 is 0 Å². The van der Waals surface area contributed by atoms with Crippen LogP contribution in [-0.2, 0) is 6.54 Å². The van der Waals surface area contributed by atoms with E-state index >= 15 is 0 Å². The van der Waals surface area contributed by atoms with Gasteiger partial charge in [0.2, 0.25) is 0 Å². The van der Waals surface area contributed by atoms with E-state index in [-0.39, 0.29) is 24.3 Å². The molecule has 0 atom stereocenters. The normalized spacial score (nSPS) is 13.2. The molecule has 3 rings (SSSR count). The predicted molar refractivity (Wildman–Crippen MR) is 85.1 cm³/mol. The summed E-state index contributed by atoms with van der Waals surface area (Å²) in [6.45, 7) is 0.226. The summed E-state index contributed by atoms with van der Waals surface area (Å²) >= 11 is 0. The Kier molecular flexibility index (Phi) is 3.70. The second kappa shape index (κ2) is 5.68. The molecule has 0 fully saturated rings. The van der Waals surface area contributed by atoms with Crippen molar-refractivity contribution in [2.75, 3.05) is 14.1 Å². The second-order valence-corrected chi connectivity index (χ2v) is 5.64. The van der Waals surface area contributed by atoms with Crippen molar-refractivity contribution < 1.29 is 14.4 Å². The maximum atomic E-state index is 12.5. The molecule has 2 aromatic carbocycles. The first-order chi connectivity index (χ1) is 11.0. The molecular weight excluding hydrogens is 292 g/mol. The number of benzene rings is 2. The zero-order chi connectivity index (χ0) is 16.6. The van der Waals surface area contributed by atoms with Crippen molar-refractivity contribution in [3.8, 4) is 0 Å². The summed E-state index contributed by atoms with van der Waals surface area (Å²) < 4.78 is 0. The van der Waals surface area contributed by atoms with E-state index in [1.165, 1.54) is 15.9 Å². The molecule has 0 saturated carbocycles. The molecular formula is C18H16N2O3. The first-order valence-electron chi connectivity index (χ1n) is 7.25. The summed E-state index contributed by atoms with van der Waals surface area (Å²) in [6.07, 6.45) is 0. The molecule has 0 saturated heterocycles. The lowest BCUT2D eigenvalue weighted by Crippen LogP contribution is -2.29. The number of hydrogen-bond acceptors (Lipinski definition) is 3. The molecule has 5 nitrogen and oxygen atoms in total. The van der Waals surface area contributed by atoms with Crippen molar-refractivity contribution in [3.63, 3.8) is 0 Å². The van der Waals surface area contributed by atoms with Crippen LogP contribution in [0.4, 0.5) is 0 Å². The first-order valence-corrected chi connectivity index (χ1v) is 7.25. The van der Waals surface area contributed by atoms with Crippen LogP contribution in [0.1, 0.15) is 36.6 Å². The molecule has 3 amide bonds. The topological polar surface area (TPSA) is 57.7 Å². The zero-order valence-electron chi connectivity index (χ0n) is 12.9. The van der Waals surface area contributed by atoms with Gasteiger partial charge >= 0.3 is 0 Å². The third-order valence-electron chi connectivity index (χ3n) is 3.81. The number of carbonyl (C=O) groups excluding carboxylic acids is 3. The molecule has 5 heteroatoms. The number of hydrogen-bond donors (Lipinski definition) is 0. The fraction of sp³-hybridized carbons (Fsp3) is 0.167. The van der Waals surface area contributed by atoms with Crippen LogP contribution < -0.4 is 0 Å². The third-order valence-corrected chi connectivity index (χ3v) is 3.81. The van der Waals surface area contributed by atoms with Gasteiger partial charge in [0, 0.05) is 19.7 Å². The monoisotopic (exact) mass is 308 g/mol. The molecule has 23 heavy (non-hydrogen) atoms. The van der Waals surface area contributed by atoms with Crippen molar-refractivity contribution in [2.24, 2.45) is 0 Å². The Labute approximate surface area is 134 Å². The van der Waals surface area contributed by atoms with Crippen LogP contribution in [0.5, 0.6) is 0 Å². The third kappa shape index (κ3) is 2.61. The van der Waals surface area contributed by atoms with Crippen molar-refractivity contribution in [1.82, 2.24) is 9.80 Å². The summed E-state index contributed by atoms with van der Waals surface area (Å²) in [5.74, 6) is -0.880. The van der Waals surface area contributed by atoms with Crippen LogP contribution in [0.2, 0.25) is 0 Å². The molecule has 0 spiro atoms. The predicted octanol–water partition coefficient (Wildman–Crippen LogP) is 2.18. The van der Waals surface area contributed by atoms with Crippen LogP contribution in [0, 0.1) is 0 Å². The highest BCUT2D eigenvalue weighted by atomic mass is 16.2. The van der Waals surface area contributed by atoms with Crippen molar-refractivity contribution in [3.05, 3.63) is 70.8 Å². The van der Waals surface area contributed by atoms with Gasteiger partial charge in [-0.3, -0.25) is 19.3 Å². The highest BCUT2D eigenvalue weighted by Crippen LogP contribution is 2.26. The van der Waals surface area contributed by atoms with Gasteiger partial charge in [-0.2, -0.15) is 0 Å². The lowest BCUT2D eigenvalue weighted by Gasteiger charge is -2.13. The molecule has 0 aromatic heterocycles. The molecule has 0 aliphatic carbocycles. The SMILES string of the molecule is CN(C)C(=O)c1ccc2c(c1)C(=O)N(Cc1ccccc1)C2=O. The molecule has 0 bridgehead atoms. The number of imide groups is 1. The number of amides is 3. The van der Waals surface area contributed by atoms with E-state index in [9.17, 15) is 14.4 Å². The fourth-order valence-electron chi connectivity index (χ4n) is 2.59. The van der Waals surface area contributed by atoms with Gasteiger partial charge in [0.1, 0.15) is 0 Å². The van der Waals surface area contributed by atoms with Crippen LogP contribution in [-0.4, -0.2) is 41.6 Å². The smallest absolute Gasteiger partial charge is 0.261 e. The first kappa shape index (κ1) is 15.0. The standard InChI is InChI=1S/C18H16N2O3/c1-19(2)16(21)13-8-9-14-15(10-13)18(23)20(17(14)22)11-12-6-4-3-5-7-12/h3-10H,11H2,1-2H3. The van der Waals surface area contributed by atoms with E-state index in [0.29, 0.717) is 16.7 Å². The van der Waals surface area contributed by atoms with Gasteiger partial charge in [-0.05, 0) is 23.8 Å². The zero-order valence-corrected chi connectivity index (χ0v) is 12.9. The van der Waals surface area contributed by atoms with E-state index in [4.69, 9.17) is 0 Å². The Hall–Kier alpha value is -2.95. The Bertz CT molecular complexity index is 797. The highest BCUT2D eigenvalue weighted by molar-refractivity contribution is 6.22. The van der Waals surface area contributed by atoms with E-state index in [2.05, 4.69) is 0 Å². The minimum Gasteiger partial charge on any atom is -0.345 e. The Morgan fingerprint density at radius 2 is 1.61 bits per heavy atom. The van der Waals surface area contributed by atoms with E-state index in [1.54, 1.807) is 26.2 Å². The van der Waals surface area contributed by atoms with Gasteiger partial charge in [0.05, 0.1) is 17.7 Å². The van der Waals surface area contributed by atoms with Crippen LogP contribution in [0.3, 0.4) is 0 Å². The van der Waals surface area contributed by atoms with Gasteiger partial charge in [-0.15, -0.1) is 0 Å². The molecule has 1 heterocycles. The minimum atomic E-state index is -0.359. The number of nitrogens with zero attached hydrogens (tertiary/aromatic N) is 2. The van der Waals surface area contributed by atoms with Gasteiger partial charge < -0.3 is 4.90 Å². The van der Waals surface area contributed by atoms with Crippen LogP contribution in [0.25, 0.3) is 0 Å². The summed E-state index contributed by atoms with van der Waals surface area (Å²) in [5, 5.41) is 0. The van der Waals surface area contributed by atoms with Crippen LogP contribution in [0.15, 0.2) is 48.5 Å². The quantitative estimate of drug-likeness (QED) is 0.817. The Morgan fingerprint density at radius 1 is 0.957 bits per heavy atom. The lowest BCUT2D eigenvalue weighted by atomic mass is 10.1. The van der Waals surface area contributed by atoms with Crippen molar-refractivity contribution in [1.29, 1.82) is 0 Å². The average molecular weight is 308 g/mol. The lowest BCUT2D eigenvalue weighted by molar-refractivity contribution is 0.0642. The van der Waals surface area contributed by atoms with E-state index in [0.717, 1.165) is 5.56 Å². The molecule has 0 N–H and O–H groups in total.